The molecular formula is C18H18F2N6O. The lowest BCUT2D eigenvalue weighted by Crippen LogP contribution is -2.36. The Labute approximate surface area is 154 Å². The van der Waals surface area contributed by atoms with Crippen LogP contribution in [-0.2, 0) is 0 Å². The molecular weight excluding hydrogens is 354 g/mol. The third kappa shape index (κ3) is 3.32. The summed E-state index contributed by atoms with van der Waals surface area (Å²) in [5.74, 6) is 0.604. The number of imidazole rings is 1. The number of hydrogen-bond acceptors (Lipinski definition) is 6. The molecule has 0 spiro atoms. The molecule has 0 aliphatic heterocycles. The van der Waals surface area contributed by atoms with E-state index < -0.39 is 18.4 Å². The molecule has 0 saturated heterocycles. The van der Waals surface area contributed by atoms with Gasteiger partial charge in [0.15, 0.2) is 11.6 Å². The van der Waals surface area contributed by atoms with Gasteiger partial charge in [0.25, 0.3) is 0 Å². The number of aromatic hydroxyl groups is 1. The Bertz CT molecular complexity index is 918. The summed E-state index contributed by atoms with van der Waals surface area (Å²) < 4.78 is 29.1. The van der Waals surface area contributed by atoms with E-state index in [1.165, 1.54) is 6.20 Å². The van der Waals surface area contributed by atoms with Gasteiger partial charge >= 0.3 is 0 Å². The maximum atomic E-state index is 13.9. The number of nitrogens with zero attached hydrogens (tertiary/aromatic N) is 6. The van der Waals surface area contributed by atoms with E-state index in [9.17, 15) is 13.9 Å². The van der Waals surface area contributed by atoms with Gasteiger partial charge < -0.3 is 14.6 Å². The normalized spacial score (nSPS) is 22.1. The minimum atomic E-state index is -1.24. The number of phenolic OH excluding ortho intramolecular Hbond substituents is 1. The first kappa shape index (κ1) is 17.3. The third-order valence-electron chi connectivity index (χ3n) is 4.83. The molecule has 2 heterocycles. The molecule has 0 bridgehead atoms. The molecule has 27 heavy (non-hydrogen) atoms. The predicted molar refractivity (Wildman–Crippen MR) is 95.3 cm³/mol. The number of rotatable bonds is 4. The topological polar surface area (TPSA) is 80.0 Å². The van der Waals surface area contributed by atoms with Crippen LogP contribution in [0.25, 0.3) is 17.1 Å². The second-order valence-electron chi connectivity index (χ2n) is 6.57. The zero-order valence-electron chi connectivity index (χ0n) is 14.6. The Morgan fingerprint density at radius 3 is 2.67 bits per heavy atom. The fourth-order valence-corrected chi connectivity index (χ4v) is 3.31. The molecule has 1 saturated carbocycles. The van der Waals surface area contributed by atoms with Crippen LogP contribution in [0.2, 0.25) is 0 Å². The zero-order valence-corrected chi connectivity index (χ0v) is 14.6. The number of aromatic nitrogens is 5. The minimum absolute atomic E-state index is 0.00370. The van der Waals surface area contributed by atoms with Gasteiger partial charge in [0.05, 0.1) is 29.8 Å². The Morgan fingerprint density at radius 2 is 2.07 bits per heavy atom. The fourth-order valence-electron chi connectivity index (χ4n) is 3.31. The molecule has 1 aliphatic carbocycles. The smallest absolute Gasteiger partial charge is 0.185 e. The SMILES string of the molecule is CN(c1cnc(-c2ccc(-n3ccnc3)cc2O)nn1)[C@@H]1C[C@@H](F)C[C@H]1F. The molecule has 140 valence electrons. The van der Waals surface area contributed by atoms with Crippen molar-refractivity contribution in [2.75, 3.05) is 11.9 Å². The lowest BCUT2D eigenvalue weighted by molar-refractivity contribution is 0.283. The quantitative estimate of drug-likeness (QED) is 0.759. The third-order valence-corrected chi connectivity index (χ3v) is 4.83. The number of halogens is 2. The first-order chi connectivity index (χ1) is 13.0. The van der Waals surface area contributed by atoms with Gasteiger partial charge in [-0.3, -0.25) is 0 Å². The van der Waals surface area contributed by atoms with Gasteiger partial charge in [0.2, 0.25) is 0 Å². The van der Waals surface area contributed by atoms with E-state index in [1.807, 2.05) is 0 Å². The van der Waals surface area contributed by atoms with E-state index in [0.717, 1.165) is 5.69 Å². The van der Waals surface area contributed by atoms with Crippen LogP contribution < -0.4 is 4.90 Å². The molecule has 1 N–H and O–H groups in total. The fraction of sp³-hybridized carbons (Fsp3) is 0.333. The van der Waals surface area contributed by atoms with Crippen molar-refractivity contribution in [1.82, 2.24) is 24.7 Å². The molecule has 4 rings (SSSR count). The van der Waals surface area contributed by atoms with Crippen molar-refractivity contribution >= 4 is 5.82 Å². The molecule has 0 amide bonds. The van der Waals surface area contributed by atoms with Crippen molar-refractivity contribution in [1.29, 1.82) is 0 Å². The lowest BCUT2D eigenvalue weighted by atomic mass is 10.1. The minimum Gasteiger partial charge on any atom is -0.507 e. The van der Waals surface area contributed by atoms with Crippen LogP contribution in [-0.4, -0.2) is 55.3 Å². The number of anilines is 1. The number of alkyl halides is 2. The highest BCUT2D eigenvalue weighted by atomic mass is 19.1. The number of hydrogen-bond donors (Lipinski definition) is 1. The average molecular weight is 372 g/mol. The molecule has 7 nitrogen and oxygen atoms in total. The Morgan fingerprint density at radius 1 is 1.22 bits per heavy atom. The van der Waals surface area contributed by atoms with E-state index in [4.69, 9.17) is 0 Å². The van der Waals surface area contributed by atoms with Crippen molar-refractivity contribution in [2.24, 2.45) is 0 Å². The summed E-state index contributed by atoms with van der Waals surface area (Å²) in [5.41, 5.74) is 1.17. The van der Waals surface area contributed by atoms with Gasteiger partial charge in [0.1, 0.15) is 18.1 Å². The second kappa shape index (κ2) is 6.90. The predicted octanol–water partition coefficient (Wildman–Crippen LogP) is 2.70. The molecule has 1 fully saturated rings. The zero-order chi connectivity index (χ0) is 19.0. The summed E-state index contributed by atoms with van der Waals surface area (Å²) in [6.07, 6.45) is 4.13. The first-order valence-electron chi connectivity index (χ1n) is 8.55. The van der Waals surface area contributed by atoms with E-state index >= 15 is 0 Å². The van der Waals surface area contributed by atoms with Crippen LogP contribution in [0.15, 0.2) is 43.1 Å². The summed E-state index contributed by atoms with van der Waals surface area (Å²) in [6, 6.07) is 4.49. The van der Waals surface area contributed by atoms with Gasteiger partial charge in [-0.15, -0.1) is 10.2 Å². The standard InChI is InChI=1S/C18H18F2N6O/c1-25(15-7-11(19)6-14(15)20)17-9-22-18(24-23-17)13-3-2-12(8-16(13)27)26-5-4-21-10-26/h2-5,8-11,14-15,27H,6-7H2,1H3/t11-,14+,15+/m0/s1. The van der Waals surface area contributed by atoms with Gasteiger partial charge in [-0.1, -0.05) is 0 Å². The average Bonchev–Trinajstić information content (AvgIpc) is 3.31. The van der Waals surface area contributed by atoms with Crippen LogP contribution >= 0.6 is 0 Å². The summed E-state index contributed by atoms with van der Waals surface area (Å²) >= 11 is 0. The summed E-state index contributed by atoms with van der Waals surface area (Å²) in [6.45, 7) is 0. The first-order valence-corrected chi connectivity index (χ1v) is 8.55. The molecule has 9 heteroatoms. The van der Waals surface area contributed by atoms with Gasteiger partial charge in [0, 0.05) is 38.3 Å². The van der Waals surface area contributed by atoms with Crippen LogP contribution in [0.1, 0.15) is 12.8 Å². The van der Waals surface area contributed by atoms with E-state index in [2.05, 4.69) is 20.2 Å². The second-order valence-corrected chi connectivity index (χ2v) is 6.57. The van der Waals surface area contributed by atoms with Crippen LogP contribution in [0, 0.1) is 0 Å². The van der Waals surface area contributed by atoms with E-state index in [1.54, 1.807) is 53.4 Å². The summed E-state index contributed by atoms with van der Waals surface area (Å²) in [4.78, 5) is 9.76. The van der Waals surface area contributed by atoms with Crippen LogP contribution in [0.5, 0.6) is 5.75 Å². The molecule has 0 radical (unpaired) electrons. The van der Waals surface area contributed by atoms with Crippen molar-refractivity contribution < 1.29 is 13.9 Å². The van der Waals surface area contributed by atoms with Gasteiger partial charge in [-0.05, 0) is 12.1 Å². The molecule has 2 aromatic heterocycles. The molecule has 0 unspecified atom stereocenters. The number of phenols is 1. The highest BCUT2D eigenvalue weighted by molar-refractivity contribution is 5.66. The maximum absolute atomic E-state index is 13.9. The monoisotopic (exact) mass is 372 g/mol. The Balaban J connectivity index is 1.55. The van der Waals surface area contributed by atoms with Crippen molar-refractivity contribution in [2.45, 2.75) is 31.2 Å². The van der Waals surface area contributed by atoms with Gasteiger partial charge in [-0.2, -0.15) is 0 Å². The van der Waals surface area contributed by atoms with E-state index in [-0.39, 0.29) is 24.4 Å². The molecule has 3 atom stereocenters. The highest BCUT2D eigenvalue weighted by Crippen LogP contribution is 2.32. The summed E-state index contributed by atoms with van der Waals surface area (Å²) in [7, 11) is 1.65. The molecule has 3 aromatic rings. The van der Waals surface area contributed by atoms with Crippen LogP contribution in [0.4, 0.5) is 14.6 Å². The maximum Gasteiger partial charge on any atom is 0.185 e. The van der Waals surface area contributed by atoms with Crippen molar-refractivity contribution in [3.8, 4) is 22.8 Å². The lowest BCUT2D eigenvalue weighted by Gasteiger charge is -2.26. The van der Waals surface area contributed by atoms with Crippen LogP contribution in [0.3, 0.4) is 0 Å². The van der Waals surface area contributed by atoms with Gasteiger partial charge in [-0.25, -0.2) is 18.7 Å². The molecule has 1 aromatic carbocycles. The van der Waals surface area contributed by atoms with Crippen molar-refractivity contribution in [3.05, 3.63) is 43.1 Å². The number of benzene rings is 1. The highest BCUT2D eigenvalue weighted by Gasteiger charge is 2.37. The summed E-state index contributed by atoms with van der Waals surface area (Å²) in [5, 5.41) is 18.4. The molecule has 1 aliphatic rings. The Kier molecular flexibility index (Phi) is 4.43. The van der Waals surface area contributed by atoms with Crippen molar-refractivity contribution in [3.63, 3.8) is 0 Å². The Hall–Kier alpha value is -3.10. The largest absolute Gasteiger partial charge is 0.507 e. The van der Waals surface area contributed by atoms with E-state index in [0.29, 0.717) is 11.4 Å².